The number of aromatic nitrogens is 1. The summed E-state index contributed by atoms with van der Waals surface area (Å²) < 4.78 is 0. The zero-order valence-corrected chi connectivity index (χ0v) is 10.9. The van der Waals surface area contributed by atoms with Gasteiger partial charge in [-0.2, -0.15) is 0 Å². The molecule has 0 aromatic carbocycles. The molecule has 3 N–H and O–H groups in total. The van der Waals surface area contributed by atoms with Crippen LogP contribution >= 0.6 is 11.3 Å². The van der Waals surface area contributed by atoms with Crippen molar-refractivity contribution in [2.75, 3.05) is 11.9 Å². The third-order valence-corrected chi connectivity index (χ3v) is 2.27. The molecule has 17 heavy (non-hydrogen) atoms. The first-order valence-corrected chi connectivity index (χ1v) is 6.00. The molecule has 0 saturated heterocycles. The Kier molecular flexibility index (Phi) is 4.45. The maximum Gasteiger partial charge on any atom is 0.321 e. The van der Waals surface area contributed by atoms with Crippen LogP contribution in [0.15, 0.2) is 11.6 Å². The molecule has 7 heteroatoms. The Hall–Kier alpha value is -1.63. The van der Waals surface area contributed by atoms with Crippen LogP contribution in [0, 0.1) is 0 Å². The van der Waals surface area contributed by atoms with E-state index in [9.17, 15) is 9.59 Å². The van der Waals surface area contributed by atoms with Crippen molar-refractivity contribution in [1.82, 2.24) is 15.6 Å². The molecular formula is C10H16N4O2S. The Labute approximate surface area is 104 Å². The lowest BCUT2D eigenvalue weighted by atomic mass is 10.1. The van der Waals surface area contributed by atoms with E-state index in [1.165, 1.54) is 11.3 Å². The molecule has 0 atom stereocenters. The van der Waals surface area contributed by atoms with Crippen molar-refractivity contribution in [2.24, 2.45) is 0 Å². The van der Waals surface area contributed by atoms with Gasteiger partial charge in [0.1, 0.15) is 0 Å². The molecule has 0 spiro atoms. The topological polar surface area (TPSA) is 83.1 Å². The van der Waals surface area contributed by atoms with Gasteiger partial charge in [0.2, 0.25) is 5.91 Å². The van der Waals surface area contributed by atoms with Crippen molar-refractivity contribution < 1.29 is 9.59 Å². The van der Waals surface area contributed by atoms with Crippen LogP contribution in [0.1, 0.15) is 20.8 Å². The van der Waals surface area contributed by atoms with E-state index in [2.05, 4.69) is 20.9 Å². The molecule has 0 saturated carbocycles. The van der Waals surface area contributed by atoms with E-state index in [4.69, 9.17) is 0 Å². The molecule has 94 valence electrons. The second-order valence-electron chi connectivity index (χ2n) is 4.44. The van der Waals surface area contributed by atoms with E-state index >= 15 is 0 Å². The van der Waals surface area contributed by atoms with Crippen molar-refractivity contribution in [3.8, 4) is 0 Å². The molecule has 0 bridgehead atoms. The lowest BCUT2D eigenvalue weighted by molar-refractivity contribution is -0.121. The summed E-state index contributed by atoms with van der Waals surface area (Å²) in [6.07, 6.45) is 1.59. The molecule has 1 heterocycles. The Balaban J connectivity index is 2.26. The molecule has 1 rings (SSSR count). The largest absolute Gasteiger partial charge is 0.350 e. The monoisotopic (exact) mass is 256 g/mol. The highest BCUT2D eigenvalue weighted by atomic mass is 32.1. The van der Waals surface area contributed by atoms with E-state index in [1.807, 2.05) is 20.8 Å². The van der Waals surface area contributed by atoms with E-state index in [0.717, 1.165) is 0 Å². The van der Waals surface area contributed by atoms with E-state index in [0.29, 0.717) is 5.13 Å². The first-order valence-electron chi connectivity index (χ1n) is 5.12. The highest BCUT2D eigenvalue weighted by Crippen LogP contribution is 2.09. The molecular weight excluding hydrogens is 240 g/mol. The number of hydrogen-bond acceptors (Lipinski definition) is 4. The fourth-order valence-electron chi connectivity index (χ4n) is 1.05. The van der Waals surface area contributed by atoms with Gasteiger partial charge in [-0.3, -0.25) is 10.1 Å². The van der Waals surface area contributed by atoms with Crippen LogP contribution < -0.4 is 16.0 Å². The minimum atomic E-state index is -0.441. The summed E-state index contributed by atoms with van der Waals surface area (Å²) >= 11 is 1.31. The van der Waals surface area contributed by atoms with Crippen LogP contribution in [0.3, 0.4) is 0 Å². The highest BCUT2D eigenvalue weighted by molar-refractivity contribution is 7.13. The minimum Gasteiger partial charge on any atom is -0.350 e. The Morgan fingerprint density at radius 3 is 2.65 bits per heavy atom. The lowest BCUT2D eigenvalue weighted by Gasteiger charge is -2.20. The van der Waals surface area contributed by atoms with E-state index < -0.39 is 6.03 Å². The van der Waals surface area contributed by atoms with Crippen LogP contribution in [0.25, 0.3) is 0 Å². The summed E-state index contributed by atoms with van der Waals surface area (Å²) in [5.74, 6) is -0.230. The van der Waals surface area contributed by atoms with Gasteiger partial charge in [-0.15, -0.1) is 11.3 Å². The predicted octanol–water partition coefficient (Wildman–Crippen LogP) is 1.18. The van der Waals surface area contributed by atoms with E-state index in [-0.39, 0.29) is 18.0 Å². The number of carbonyl (C=O) groups excluding carboxylic acids is 2. The van der Waals surface area contributed by atoms with Gasteiger partial charge < -0.3 is 10.6 Å². The average Bonchev–Trinajstić information content (AvgIpc) is 2.64. The summed E-state index contributed by atoms with van der Waals surface area (Å²) in [5, 5.41) is 9.95. The maximum atomic E-state index is 11.4. The standard InChI is InChI=1S/C10H16N4O2S/c1-10(2,3)14-7(15)6-12-8(16)13-9-11-4-5-17-9/h4-5H,6H2,1-3H3,(H,14,15)(H2,11,12,13,16). The number of rotatable bonds is 3. The van der Waals surface area contributed by atoms with Crippen molar-refractivity contribution in [3.63, 3.8) is 0 Å². The van der Waals surface area contributed by atoms with Gasteiger partial charge in [0.25, 0.3) is 0 Å². The Morgan fingerprint density at radius 2 is 2.12 bits per heavy atom. The van der Waals surface area contributed by atoms with Gasteiger partial charge in [0, 0.05) is 17.1 Å². The number of carbonyl (C=O) groups is 2. The van der Waals surface area contributed by atoms with Crippen LogP contribution in [0.2, 0.25) is 0 Å². The third kappa shape index (κ3) is 5.86. The van der Waals surface area contributed by atoms with Gasteiger partial charge in [0.05, 0.1) is 6.54 Å². The van der Waals surface area contributed by atoms with Crippen LogP contribution in [-0.4, -0.2) is 29.0 Å². The number of thiazole rings is 1. The smallest absolute Gasteiger partial charge is 0.321 e. The minimum absolute atomic E-state index is 0.0610. The van der Waals surface area contributed by atoms with Gasteiger partial charge in [0.15, 0.2) is 5.13 Å². The summed E-state index contributed by atoms with van der Waals surface area (Å²) in [4.78, 5) is 26.6. The molecule has 6 nitrogen and oxygen atoms in total. The fourth-order valence-corrected chi connectivity index (χ4v) is 1.57. The number of hydrogen-bond donors (Lipinski definition) is 3. The molecule has 1 aromatic rings. The summed E-state index contributed by atoms with van der Waals surface area (Å²) in [6.45, 7) is 5.57. The fraction of sp³-hybridized carbons (Fsp3) is 0.500. The zero-order chi connectivity index (χ0) is 12.9. The predicted molar refractivity (Wildman–Crippen MR) is 67.0 cm³/mol. The maximum absolute atomic E-state index is 11.4. The quantitative estimate of drug-likeness (QED) is 0.759. The van der Waals surface area contributed by atoms with Crippen LogP contribution in [-0.2, 0) is 4.79 Å². The summed E-state index contributed by atoms with van der Waals surface area (Å²) in [6, 6.07) is -0.441. The molecule has 0 fully saturated rings. The third-order valence-electron chi connectivity index (χ3n) is 1.58. The van der Waals surface area contributed by atoms with Crippen molar-refractivity contribution in [2.45, 2.75) is 26.3 Å². The molecule has 3 amide bonds. The van der Waals surface area contributed by atoms with E-state index in [1.54, 1.807) is 11.6 Å². The van der Waals surface area contributed by atoms with Crippen molar-refractivity contribution >= 4 is 28.4 Å². The van der Waals surface area contributed by atoms with Crippen LogP contribution in [0.4, 0.5) is 9.93 Å². The summed E-state index contributed by atoms with van der Waals surface area (Å²) in [7, 11) is 0. The molecule has 0 radical (unpaired) electrons. The molecule has 0 aliphatic carbocycles. The van der Waals surface area contributed by atoms with Gasteiger partial charge >= 0.3 is 6.03 Å². The number of anilines is 1. The highest BCUT2D eigenvalue weighted by Gasteiger charge is 2.14. The van der Waals surface area contributed by atoms with Crippen molar-refractivity contribution in [1.29, 1.82) is 0 Å². The first kappa shape index (κ1) is 13.4. The summed E-state index contributed by atoms with van der Waals surface area (Å²) in [5.41, 5.74) is -0.301. The molecule has 0 unspecified atom stereocenters. The number of urea groups is 1. The number of nitrogens with one attached hydrogen (secondary N) is 3. The average molecular weight is 256 g/mol. The second kappa shape index (κ2) is 5.62. The molecule has 0 aliphatic rings. The SMILES string of the molecule is CC(C)(C)NC(=O)CNC(=O)Nc1nccs1. The van der Waals surface area contributed by atoms with Crippen molar-refractivity contribution in [3.05, 3.63) is 11.6 Å². The zero-order valence-electron chi connectivity index (χ0n) is 10.0. The first-order chi connectivity index (χ1) is 7.87. The Morgan fingerprint density at radius 1 is 1.41 bits per heavy atom. The second-order valence-corrected chi connectivity index (χ2v) is 5.34. The van der Waals surface area contributed by atoms with Crippen LogP contribution in [0.5, 0.6) is 0 Å². The van der Waals surface area contributed by atoms with Gasteiger partial charge in [-0.25, -0.2) is 9.78 Å². The van der Waals surface area contributed by atoms with Gasteiger partial charge in [-0.1, -0.05) is 0 Å². The molecule has 0 aliphatic heterocycles. The van der Waals surface area contributed by atoms with Gasteiger partial charge in [-0.05, 0) is 20.8 Å². The lowest BCUT2D eigenvalue weighted by Crippen LogP contribution is -2.46. The number of nitrogens with zero attached hydrogens (tertiary/aromatic N) is 1. The normalized spacial score (nSPS) is 10.8. The number of amides is 3. The Bertz CT molecular complexity index is 384. The molecule has 1 aromatic heterocycles.